The lowest BCUT2D eigenvalue weighted by atomic mass is 10.3. The van der Waals surface area contributed by atoms with E-state index >= 15 is 0 Å². The molecule has 1 aromatic heterocycles. The Bertz CT molecular complexity index is 281. The summed E-state index contributed by atoms with van der Waals surface area (Å²) in [6.45, 7) is 2.33. The first-order valence-corrected chi connectivity index (χ1v) is 4.10. The standard InChI is InChI=1S/C9H11NO3/c1-2-7-13-9(11)8-3-5-10(12)6-4-8/h3-6H,2,7H2,1H3. The minimum absolute atomic E-state index is 0.387. The molecule has 4 heteroatoms. The highest BCUT2D eigenvalue weighted by atomic mass is 16.5. The third kappa shape index (κ3) is 2.74. The van der Waals surface area contributed by atoms with E-state index < -0.39 is 0 Å². The van der Waals surface area contributed by atoms with Gasteiger partial charge in [-0.3, -0.25) is 0 Å². The van der Waals surface area contributed by atoms with Gasteiger partial charge in [0.05, 0.1) is 12.2 Å². The third-order valence-electron chi connectivity index (χ3n) is 1.48. The van der Waals surface area contributed by atoms with E-state index in [1.54, 1.807) is 0 Å². The quantitative estimate of drug-likeness (QED) is 0.395. The average molecular weight is 181 g/mol. The van der Waals surface area contributed by atoms with E-state index in [9.17, 15) is 10.0 Å². The summed E-state index contributed by atoms with van der Waals surface area (Å²) in [5, 5.41) is 10.6. The molecule has 0 unspecified atom stereocenters. The van der Waals surface area contributed by atoms with Crippen LogP contribution in [0, 0.1) is 5.21 Å². The van der Waals surface area contributed by atoms with Gasteiger partial charge >= 0.3 is 5.97 Å². The Morgan fingerprint density at radius 1 is 1.54 bits per heavy atom. The van der Waals surface area contributed by atoms with Crippen molar-refractivity contribution < 1.29 is 14.3 Å². The van der Waals surface area contributed by atoms with Crippen LogP contribution < -0.4 is 4.73 Å². The van der Waals surface area contributed by atoms with E-state index in [0.29, 0.717) is 16.9 Å². The molecule has 0 saturated carbocycles. The second-order valence-electron chi connectivity index (χ2n) is 2.58. The molecule has 4 nitrogen and oxygen atoms in total. The number of pyridine rings is 1. The predicted molar refractivity (Wildman–Crippen MR) is 46.0 cm³/mol. The summed E-state index contributed by atoms with van der Waals surface area (Å²) in [5.41, 5.74) is 0.403. The maximum Gasteiger partial charge on any atom is 0.338 e. The topological polar surface area (TPSA) is 53.2 Å². The van der Waals surface area contributed by atoms with Crippen molar-refractivity contribution in [3.63, 3.8) is 0 Å². The molecule has 0 amide bonds. The fourth-order valence-electron chi connectivity index (χ4n) is 0.827. The molecule has 0 aliphatic heterocycles. The van der Waals surface area contributed by atoms with E-state index in [1.807, 2.05) is 6.92 Å². The Morgan fingerprint density at radius 3 is 2.69 bits per heavy atom. The normalized spacial score (nSPS) is 9.62. The van der Waals surface area contributed by atoms with Gasteiger partial charge in [0.15, 0.2) is 12.4 Å². The monoisotopic (exact) mass is 181 g/mol. The molecule has 0 N–H and O–H groups in total. The number of carbonyl (C=O) groups excluding carboxylic acids is 1. The van der Waals surface area contributed by atoms with Gasteiger partial charge in [-0.05, 0) is 6.42 Å². The molecular formula is C9H11NO3. The molecule has 0 aliphatic rings. The molecule has 0 aromatic carbocycles. The van der Waals surface area contributed by atoms with Crippen molar-refractivity contribution in [2.75, 3.05) is 6.61 Å². The van der Waals surface area contributed by atoms with Crippen LogP contribution in [-0.4, -0.2) is 12.6 Å². The zero-order valence-corrected chi connectivity index (χ0v) is 7.40. The van der Waals surface area contributed by atoms with Gasteiger partial charge in [-0.25, -0.2) is 4.79 Å². The number of carbonyl (C=O) groups is 1. The van der Waals surface area contributed by atoms with Gasteiger partial charge in [0.1, 0.15) is 0 Å². The van der Waals surface area contributed by atoms with Crippen LogP contribution in [0.5, 0.6) is 0 Å². The molecule has 13 heavy (non-hydrogen) atoms. The SMILES string of the molecule is CCCOC(=O)c1cc[n+]([O-])cc1. The van der Waals surface area contributed by atoms with Gasteiger partial charge < -0.3 is 9.94 Å². The molecule has 0 spiro atoms. The molecule has 0 atom stereocenters. The first kappa shape index (κ1) is 9.51. The summed E-state index contributed by atoms with van der Waals surface area (Å²) < 4.78 is 5.49. The van der Waals surface area contributed by atoms with E-state index in [4.69, 9.17) is 4.74 Å². The molecule has 0 fully saturated rings. The zero-order valence-electron chi connectivity index (χ0n) is 7.40. The number of esters is 1. The Kier molecular flexibility index (Phi) is 3.25. The highest BCUT2D eigenvalue weighted by Gasteiger charge is 2.06. The largest absolute Gasteiger partial charge is 0.619 e. The van der Waals surface area contributed by atoms with Crippen molar-refractivity contribution in [1.29, 1.82) is 0 Å². The van der Waals surface area contributed by atoms with Gasteiger partial charge in [-0.15, -0.1) is 0 Å². The van der Waals surface area contributed by atoms with Crippen LogP contribution in [0.15, 0.2) is 24.5 Å². The van der Waals surface area contributed by atoms with Crippen molar-refractivity contribution in [3.8, 4) is 0 Å². The fraction of sp³-hybridized carbons (Fsp3) is 0.333. The summed E-state index contributed by atoms with van der Waals surface area (Å²) in [5.74, 6) is -0.387. The van der Waals surface area contributed by atoms with E-state index in [-0.39, 0.29) is 5.97 Å². The second kappa shape index (κ2) is 4.45. The molecule has 0 bridgehead atoms. The van der Waals surface area contributed by atoms with Crippen molar-refractivity contribution in [3.05, 3.63) is 35.3 Å². The molecule has 1 rings (SSSR count). The van der Waals surface area contributed by atoms with Crippen LogP contribution >= 0.6 is 0 Å². The number of nitrogens with zero attached hydrogens (tertiary/aromatic N) is 1. The summed E-state index contributed by atoms with van der Waals surface area (Å²) in [7, 11) is 0. The summed E-state index contributed by atoms with van der Waals surface area (Å²) in [4.78, 5) is 11.2. The van der Waals surface area contributed by atoms with Crippen LogP contribution in [-0.2, 0) is 4.74 Å². The summed E-state index contributed by atoms with van der Waals surface area (Å²) in [6.07, 6.45) is 3.32. The Hall–Kier alpha value is -1.58. The summed E-state index contributed by atoms with van der Waals surface area (Å²) >= 11 is 0. The Morgan fingerprint density at radius 2 is 2.15 bits per heavy atom. The lowest BCUT2D eigenvalue weighted by Gasteiger charge is -2.01. The van der Waals surface area contributed by atoms with Gasteiger partial charge in [-0.1, -0.05) is 6.92 Å². The van der Waals surface area contributed by atoms with Gasteiger partial charge in [-0.2, -0.15) is 4.73 Å². The fourth-order valence-corrected chi connectivity index (χ4v) is 0.827. The number of hydrogen-bond acceptors (Lipinski definition) is 3. The van der Waals surface area contributed by atoms with Crippen LogP contribution in [0.25, 0.3) is 0 Å². The van der Waals surface area contributed by atoms with E-state index in [2.05, 4.69) is 0 Å². The van der Waals surface area contributed by atoms with Gasteiger partial charge in [0.25, 0.3) is 0 Å². The Balaban J connectivity index is 2.61. The van der Waals surface area contributed by atoms with Crippen LogP contribution in [0.3, 0.4) is 0 Å². The maximum atomic E-state index is 11.2. The van der Waals surface area contributed by atoms with Crippen molar-refractivity contribution in [1.82, 2.24) is 0 Å². The van der Waals surface area contributed by atoms with Crippen molar-refractivity contribution in [2.24, 2.45) is 0 Å². The first-order chi connectivity index (χ1) is 6.24. The van der Waals surface area contributed by atoms with Gasteiger partial charge in [0, 0.05) is 12.1 Å². The second-order valence-corrected chi connectivity index (χ2v) is 2.58. The smallest absolute Gasteiger partial charge is 0.338 e. The lowest BCUT2D eigenvalue weighted by Crippen LogP contribution is -2.24. The van der Waals surface area contributed by atoms with Crippen LogP contribution in [0.4, 0.5) is 0 Å². The summed E-state index contributed by atoms with van der Waals surface area (Å²) in [6, 6.07) is 2.87. The number of hydrogen-bond donors (Lipinski definition) is 0. The third-order valence-corrected chi connectivity index (χ3v) is 1.48. The molecule has 0 radical (unpaired) electrons. The van der Waals surface area contributed by atoms with Crippen molar-refractivity contribution in [2.45, 2.75) is 13.3 Å². The molecule has 1 heterocycles. The van der Waals surface area contributed by atoms with E-state index in [1.165, 1.54) is 24.5 Å². The van der Waals surface area contributed by atoms with Crippen LogP contribution in [0.2, 0.25) is 0 Å². The minimum atomic E-state index is -0.387. The highest BCUT2D eigenvalue weighted by molar-refractivity contribution is 5.88. The van der Waals surface area contributed by atoms with Crippen LogP contribution in [0.1, 0.15) is 23.7 Å². The minimum Gasteiger partial charge on any atom is -0.619 e. The van der Waals surface area contributed by atoms with Crippen molar-refractivity contribution >= 4 is 5.97 Å². The number of ether oxygens (including phenoxy) is 1. The molecule has 70 valence electrons. The lowest BCUT2D eigenvalue weighted by molar-refractivity contribution is -0.605. The molecule has 0 aliphatic carbocycles. The molecular weight excluding hydrogens is 170 g/mol. The number of rotatable bonds is 3. The molecule has 0 saturated heterocycles. The van der Waals surface area contributed by atoms with E-state index in [0.717, 1.165) is 6.42 Å². The maximum absolute atomic E-state index is 11.2. The molecule has 1 aromatic rings. The number of aromatic nitrogens is 1. The van der Waals surface area contributed by atoms with Gasteiger partial charge in [0.2, 0.25) is 0 Å². The zero-order chi connectivity index (χ0) is 9.68. The first-order valence-electron chi connectivity index (χ1n) is 4.10. The Labute approximate surface area is 76.3 Å². The predicted octanol–water partition coefficient (Wildman–Crippen LogP) is 0.887. The average Bonchev–Trinajstić information content (AvgIpc) is 2.15. The highest BCUT2D eigenvalue weighted by Crippen LogP contribution is 1.98.